The second-order valence-electron chi connectivity index (χ2n) is 13.7. The van der Waals surface area contributed by atoms with Gasteiger partial charge in [-0.2, -0.15) is 0 Å². The standard InChI is InChI=1S/C41H80O3/c1-2-3-4-5-6-7-8-9-10-11-12-13-14-15-17-20-23-26-29-32-35-38-41(43)44-40-37-34-31-28-25-22-19-16-18-21-24-27-30-33-36-39-42/h9-10,42H,2-8,11-40H2,1H3. The summed E-state index contributed by atoms with van der Waals surface area (Å²) in [7, 11) is 0. The fourth-order valence-corrected chi connectivity index (χ4v) is 6.17. The third-order valence-electron chi connectivity index (χ3n) is 9.21. The Kier molecular flexibility index (Phi) is 39.4. The van der Waals surface area contributed by atoms with Crippen LogP contribution in [0.3, 0.4) is 0 Å². The molecule has 0 aromatic carbocycles. The fourth-order valence-electron chi connectivity index (χ4n) is 6.17. The lowest BCUT2D eigenvalue weighted by Crippen LogP contribution is -2.05. The molecule has 0 saturated heterocycles. The number of hydrogen-bond acceptors (Lipinski definition) is 3. The molecule has 0 aliphatic heterocycles. The lowest BCUT2D eigenvalue weighted by molar-refractivity contribution is -0.143. The third kappa shape index (κ3) is 39.2. The van der Waals surface area contributed by atoms with Crippen molar-refractivity contribution in [1.82, 2.24) is 0 Å². The maximum atomic E-state index is 12.0. The molecule has 0 rings (SSSR count). The highest BCUT2D eigenvalue weighted by molar-refractivity contribution is 5.69. The normalized spacial score (nSPS) is 11.6. The summed E-state index contributed by atoms with van der Waals surface area (Å²) in [5.74, 6) is 0.0171. The zero-order chi connectivity index (χ0) is 31.9. The van der Waals surface area contributed by atoms with E-state index < -0.39 is 0 Å². The van der Waals surface area contributed by atoms with Crippen LogP contribution in [0.25, 0.3) is 0 Å². The van der Waals surface area contributed by atoms with Crippen LogP contribution >= 0.6 is 0 Å². The molecule has 0 spiro atoms. The number of ether oxygens (including phenoxy) is 1. The Bertz CT molecular complexity index is 558. The Morgan fingerprint density at radius 2 is 0.750 bits per heavy atom. The van der Waals surface area contributed by atoms with E-state index in [0.29, 0.717) is 19.6 Å². The van der Waals surface area contributed by atoms with Crippen LogP contribution in [0.15, 0.2) is 12.2 Å². The zero-order valence-corrected chi connectivity index (χ0v) is 30.1. The van der Waals surface area contributed by atoms with Gasteiger partial charge in [-0.1, -0.05) is 192 Å². The van der Waals surface area contributed by atoms with Gasteiger partial charge < -0.3 is 9.84 Å². The number of allylic oxidation sites excluding steroid dienone is 2. The number of rotatable bonds is 38. The van der Waals surface area contributed by atoms with Crippen molar-refractivity contribution in [3.63, 3.8) is 0 Å². The second kappa shape index (κ2) is 40.2. The van der Waals surface area contributed by atoms with Crippen molar-refractivity contribution in [3.8, 4) is 0 Å². The van der Waals surface area contributed by atoms with E-state index in [4.69, 9.17) is 9.84 Å². The summed E-state index contributed by atoms with van der Waals surface area (Å²) in [6.45, 7) is 3.26. The van der Waals surface area contributed by atoms with Crippen molar-refractivity contribution in [1.29, 1.82) is 0 Å². The van der Waals surface area contributed by atoms with Crippen molar-refractivity contribution in [3.05, 3.63) is 12.2 Å². The van der Waals surface area contributed by atoms with Crippen molar-refractivity contribution < 1.29 is 14.6 Å². The molecular weight excluding hydrogens is 540 g/mol. The molecule has 0 atom stereocenters. The third-order valence-corrected chi connectivity index (χ3v) is 9.21. The topological polar surface area (TPSA) is 46.5 Å². The molecule has 0 aliphatic carbocycles. The summed E-state index contributed by atoms with van der Waals surface area (Å²) >= 11 is 0. The average molecular weight is 621 g/mol. The van der Waals surface area contributed by atoms with Crippen LogP contribution in [0.4, 0.5) is 0 Å². The molecule has 0 aliphatic rings. The predicted octanol–water partition coefficient (Wildman–Crippen LogP) is 13.8. The summed E-state index contributed by atoms with van der Waals surface area (Å²) in [5.41, 5.74) is 0. The number of esters is 1. The van der Waals surface area contributed by atoms with Crippen LogP contribution in [-0.4, -0.2) is 24.3 Å². The number of carbonyl (C=O) groups is 1. The van der Waals surface area contributed by atoms with E-state index in [1.165, 1.54) is 199 Å². The van der Waals surface area contributed by atoms with Crippen LogP contribution in [-0.2, 0) is 9.53 Å². The summed E-state index contributed by atoms with van der Waals surface area (Å²) in [6.07, 6.45) is 50.2. The number of aliphatic hydroxyl groups excluding tert-OH is 1. The smallest absolute Gasteiger partial charge is 0.305 e. The predicted molar refractivity (Wildman–Crippen MR) is 194 cm³/mol. The Morgan fingerprint density at radius 3 is 1.14 bits per heavy atom. The quantitative estimate of drug-likeness (QED) is 0.0424. The highest BCUT2D eigenvalue weighted by Gasteiger charge is 2.03. The Labute approximate surface area is 277 Å². The Morgan fingerprint density at radius 1 is 0.432 bits per heavy atom. The number of hydrogen-bond donors (Lipinski definition) is 1. The molecule has 0 saturated carbocycles. The summed E-state index contributed by atoms with van der Waals surface area (Å²) in [4.78, 5) is 12.0. The SMILES string of the molecule is CCCCCCCCC=CCCCCCCCCCCCCCC(=O)OCCCCCCCCCCCCCCCCCO. The molecule has 0 aromatic heterocycles. The lowest BCUT2D eigenvalue weighted by atomic mass is 10.0. The Balaban J connectivity index is 3.17. The molecule has 3 nitrogen and oxygen atoms in total. The highest BCUT2D eigenvalue weighted by Crippen LogP contribution is 2.15. The van der Waals surface area contributed by atoms with Crippen LogP contribution < -0.4 is 0 Å². The summed E-state index contributed by atoms with van der Waals surface area (Å²) < 4.78 is 5.45. The van der Waals surface area contributed by atoms with Gasteiger partial charge >= 0.3 is 5.97 Å². The van der Waals surface area contributed by atoms with Crippen molar-refractivity contribution in [2.24, 2.45) is 0 Å². The van der Waals surface area contributed by atoms with Crippen molar-refractivity contribution in [2.45, 2.75) is 232 Å². The van der Waals surface area contributed by atoms with Gasteiger partial charge in [0.05, 0.1) is 6.61 Å². The summed E-state index contributed by atoms with van der Waals surface area (Å²) in [5, 5.41) is 8.79. The molecule has 0 unspecified atom stereocenters. The van der Waals surface area contributed by atoms with Gasteiger partial charge in [0.1, 0.15) is 0 Å². The van der Waals surface area contributed by atoms with Crippen LogP contribution in [0.5, 0.6) is 0 Å². The van der Waals surface area contributed by atoms with E-state index in [-0.39, 0.29) is 5.97 Å². The van der Waals surface area contributed by atoms with Gasteiger partial charge in [0.2, 0.25) is 0 Å². The molecule has 0 aromatic rings. The van der Waals surface area contributed by atoms with E-state index in [0.717, 1.165) is 19.3 Å². The van der Waals surface area contributed by atoms with E-state index in [9.17, 15) is 4.79 Å². The van der Waals surface area contributed by atoms with Crippen molar-refractivity contribution in [2.75, 3.05) is 13.2 Å². The largest absolute Gasteiger partial charge is 0.466 e. The molecule has 0 heterocycles. The van der Waals surface area contributed by atoms with E-state index in [1.54, 1.807) is 0 Å². The molecule has 262 valence electrons. The first-order chi connectivity index (χ1) is 21.8. The molecule has 0 bridgehead atoms. The first kappa shape index (κ1) is 43.2. The fraction of sp³-hybridized carbons (Fsp3) is 0.927. The van der Waals surface area contributed by atoms with Crippen LogP contribution in [0.2, 0.25) is 0 Å². The molecule has 1 N–H and O–H groups in total. The van der Waals surface area contributed by atoms with Crippen LogP contribution in [0.1, 0.15) is 232 Å². The van der Waals surface area contributed by atoms with E-state index >= 15 is 0 Å². The van der Waals surface area contributed by atoms with E-state index in [2.05, 4.69) is 19.1 Å². The molecular formula is C41H80O3. The first-order valence-electron chi connectivity index (χ1n) is 20.2. The maximum Gasteiger partial charge on any atom is 0.305 e. The van der Waals surface area contributed by atoms with Gasteiger partial charge in [0, 0.05) is 13.0 Å². The van der Waals surface area contributed by atoms with Crippen LogP contribution in [0, 0.1) is 0 Å². The lowest BCUT2D eigenvalue weighted by Gasteiger charge is -2.06. The molecule has 0 radical (unpaired) electrons. The van der Waals surface area contributed by atoms with Gasteiger partial charge in [0.25, 0.3) is 0 Å². The number of unbranched alkanes of at least 4 members (excludes halogenated alkanes) is 31. The molecule has 44 heavy (non-hydrogen) atoms. The monoisotopic (exact) mass is 621 g/mol. The van der Waals surface area contributed by atoms with Gasteiger partial charge in [-0.25, -0.2) is 0 Å². The number of aliphatic hydroxyl groups is 1. The maximum absolute atomic E-state index is 12.0. The van der Waals surface area contributed by atoms with Crippen molar-refractivity contribution >= 4 is 5.97 Å². The first-order valence-corrected chi connectivity index (χ1v) is 20.2. The van der Waals surface area contributed by atoms with Gasteiger partial charge in [-0.3, -0.25) is 4.79 Å². The zero-order valence-electron chi connectivity index (χ0n) is 30.1. The molecule has 3 heteroatoms. The second-order valence-corrected chi connectivity index (χ2v) is 13.7. The number of carbonyl (C=O) groups excluding carboxylic acids is 1. The Hall–Kier alpha value is -0.830. The summed E-state index contributed by atoms with van der Waals surface area (Å²) in [6, 6.07) is 0. The van der Waals surface area contributed by atoms with Gasteiger partial charge in [-0.15, -0.1) is 0 Å². The molecule has 0 amide bonds. The van der Waals surface area contributed by atoms with Gasteiger partial charge in [-0.05, 0) is 44.9 Å². The highest BCUT2D eigenvalue weighted by atomic mass is 16.5. The minimum absolute atomic E-state index is 0.0171. The minimum Gasteiger partial charge on any atom is -0.466 e. The van der Waals surface area contributed by atoms with E-state index in [1.807, 2.05) is 0 Å². The minimum atomic E-state index is 0.0171. The average Bonchev–Trinajstić information content (AvgIpc) is 3.03. The molecule has 0 fully saturated rings. The van der Waals surface area contributed by atoms with Gasteiger partial charge in [0.15, 0.2) is 0 Å².